The van der Waals surface area contributed by atoms with Gasteiger partial charge in [-0.05, 0) is 17.0 Å². The van der Waals surface area contributed by atoms with E-state index in [0.717, 1.165) is 11.3 Å². The molecule has 4 nitrogen and oxygen atoms in total. The number of benzene rings is 1. The Hall–Kier alpha value is -1.27. The van der Waals surface area contributed by atoms with E-state index in [1.807, 2.05) is 10.3 Å². The van der Waals surface area contributed by atoms with Crippen LogP contribution in [0.2, 0.25) is 0 Å². The van der Waals surface area contributed by atoms with E-state index in [0.29, 0.717) is 17.6 Å². The van der Waals surface area contributed by atoms with Gasteiger partial charge < -0.3 is 4.90 Å². The second-order valence-electron chi connectivity index (χ2n) is 5.21. The fraction of sp³-hybridized carbons (Fsp3) is 0.357. The molecule has 1 aromatic rings. The molecule has 0 spiro atoms. The van der Waals surface area contributed by atoms with Crippen LogP contribution in [0.4, 0.5) is 0 Å². The topological polar surface area (TPSA) is 49.7 Å². The van der Waals surface area contributed by atoms with Gasteiger partial charge in [-0.15, -0.1) is 4.40 Å². The number of thioether (sulfide) groups is 1. The van der Waals surface area contributed by atoms with E-state index in [4.69, 9.17) is 0 Å². The molecule has 0 aromatic heterocycles. The molecule has 20 heavy (non-hydrogen) atoms. The van der Waals surface area contributed by atoms with Gasteiger partial charge in [0.05, 0.1) is 11.4 Å². The molecule has 0 aliphatic carbocycles. The van der Waals surface area contributed by atoms with Crippen LogP contribution < -0.4 is 0 Å². The maximum Gasteiger partial charge on any atom is 0.257 e. The molecule has 2 heterocycles. The largest absolute Gasteiger partial charge is 0.318 e. The predicted octanol–water partition coefficient (Wildman–Crippen LogP) is 2.86. The van der Waals surface area contributed by atoms with E-state index in [1.54, 1.807) is 0 Å². The molecular weight excluding hydrogens is 292 g/mol. The molecule has 2 aliphatic rings. The van der Waals surface area contributed by atoms with Gasteiger partial charge in [0.25, 0.3) is 10.0 Å². The monoisotopic (exact) mass is 308 g/mol. The van der Waals surface area contributed by atoms with E-state index in [1.165, 1.54) is 17.3 Å². The first-order valence-electron chi connectivity index (χ1n) is 6.53. The molecule has 0 fully saturated rings. The molecule has 0 saturated carbocycles. The van der Waals surface area contributed by atoms with Crippen LogP contribution in [0.1, 0.15) is 30.9 Å². The fourth-order valence-electron chi connectivity index (χ4n) is 2.26. The summed E-state index contributed by atoms with van der Waals surface area (Å²) in [6.07, 6.45) is 0. The smallest absolute Gasteiger partial charge is 0.257 e. The van der Waals surface area contributed by atoms with Crippen molar-refractivity contribution in [3.05, 3.63) is 40.8 Å². The molecule has 0 amide bonds. The normalized spacial score (nSPS) is 20.6. The van der Waals surface area contributed by atoms with Crippen LogP contribution in [0, 0.1) is 0 Å². The number of fused-ring (bicyclic) bond motifs is 1. The Kier molecular flexibility index (Phi) is 3.38. The zero-order valence-corrected chi connectivity index (χ0v) is 13.0. The minimum Gasteiger partial charge on any atom is -0.318 e. The summed E-state index contributed by atoms with van der Waals surface area (Å²) >= 11 is 1.38. The summed E-state index contributed by atoms with van der Waals surface area (Å²) in [5.74, 6) is 0.589. The highest BCUT2D eigenvalue weighted by Crippen LogP contribution is 2.35. The van der Waals surface area contributed by atoms with Crippen molar-refractivity contribution in [1.29, 1.82) is 0 Å². The van der Waals surface area contributed by atoms with Gasteiger partial charge in [0, 0.05) is 12.0 Å². The third kappa shape index (κ3) is 2.50. The van der Waals surface area contributed by atoms with Crippen LogP contribution in [-0.4, -0.2) is 30.8 Å². The van der Waals surface area contributed by atoms with Gasteiger partial charge in [0.1, 0.15) is 0 Å². The maximum atomic E-state index is 11.5. The summed E-state index contributed by atoms with van der Waals surface area (Å²) < 4.78 is 26.8. The number of hydrogen-bond donors (Lipinski definition) is 0. The average Bonchev–Trinajstić information content (AvgIpc) is 2.80. The van der Waals surface area contributed by atoms with Crippen LogP contribution in [0.5, 0.6) is 0 Å². The highest BCUT2D eigenvalue weighted by atomic mass is 32.2. The Bertz CT molecular complexity index is 688. The standard InChI is InChI=1S/C14H16N2O2S2/c1-10(2)11-3-5-12(6-4-11)13-9-19-14-15-20(17,18)8-7-16(13)14/h3-6,9-10H,7-8H2,1-2H3. The quantitative estimate of drug-likeness (QED) is 0.843. The molecule has 1 aromatic carbocycles. The van der Waals surface area contributed by atoms with E-state index < -0.39 is 10.0 Å². The molecule has 0 radical (unpaired) electrons. The lowest BCUT2D eigenvalue weighted by molar-refractivity contribution is 0.567. The van der Waals surface area contributed by atoms with Gasteiger partial charge in [-0.25, -0.2) is 8.42 Å². The first-order chi connectivity index (χ1) is 9.46. The molecule has 2 aliphatic heterocycles. The molecular formula is C14H16N2O2S2. The lowest BCUT2D eigenvalue weighted by Gasteiger charge is -2.25. The van der Waals surface area contributed by atoms with E-state index >= 15 is 0 Å². The zero-order chi connectivity index (χ0) is 14.3. The highest BCUT2D eigenvalue weighted by molar-refractivity contribution is 8.17. The van der Waals surface area contributed by atoms with Crippen molar-refractivity contribution in [2.45, 2.75) is 19.8 Å². The number of amidine groups is 1. The van der Waals surface area contributed by atoms with Crippen LogP contribution in [0.25, 0.3) is 5.70 Å². The summed E-state index contributed by atoms with van der Waals surface area (Å²) in [6, 6.07) is 8.43. The third-order valence-electron chi connectivity index (χ3n) is 3.46. The van der Waals surface area contributed by atoms with Gasteiger partial charge in [-0.1, -0.05) is 49.9 Å². The Labute approximate surface area is 123 Å². The molecule has 0 bridgehead atoms. The van der Waals surface area contributed by atoms with E-state index in [9.17, 15) is 8.42 Å². The summed E-state index contributed by atoms with van der Waals surface area (Å²) in [5.41, 5.74) is 3.44. The molecule has 0 unspecified atom stereocenters. The van der Waals surface area contributed by atoms with Crippen molar-refractivity contribution in [1.82, 2.24) is 4.90 Å². The summed E-state index contributed by atoms with van der Waals surface area (Å²) in [7, 11) is -3.27. The molecule has 106 valence electrons. The van der Waals surface area contributed by atoms with Gasteiger partial charge in [-0.2, -0.15) is 0 Å². The number of hydrogen-bond acceptors (Lipinski definition) is 4. The van der Waals surface area contributed by atoms with Crippen molar-refractivity contribution in [3.63, 3.8) is 0 Å². The van der Waals surface area contributed by atoms with E-state index in [2.05, 4.69) is 42.5 Å². The average molecular weight is 308 g/mol. The number of sulfonamides is 1. The lowest BCUT2D eigenvalue weighted by atomic mass is 10.0. The molecule has 3 rings (SSSR count). The molecule has 0 saturated heterocycles. The zero-order valence-electron chi connectivity index (χ0n) is 11.4. The van der Waals surface area contributed by atoms with Gasteiger partial charge in [0.15, 0.2) is 5.17 Å². The maximum absolute atomic E-state index is 11.5. The Balaban J connectivity index is 1.90. The summed E-state index contributed by atoms with van der Waals surface area (Å²) in [4.78, 5) is 1.98. The van der Waals surface area contributed by atoms with Gasteiger partial charge in [-0.3, -0.25) is 0 Å². The van der Waals surface area contributed by atoms with Crippen molar-refractivity contribution in [2.24, 2.45) is 4.40 Å². The fourth-order valence-corrected chi connectivity index (χ4v) is 4.41. The van der Waals surface area contributed by atoms with Crippen LogP contribution >= 0.6 is 11.8 Å². The third-order valence-corrected chi connectivity index (χ3v) is 5.59. The van der Waals surface area contributed by atoms with Gasteiger partial charge in [0.2, 0.25) is 0 Å². The summed E-state index contributed by atoms with van der Waals surface area (Å²) in [6.45, 7) is 4.81. The second-order valence-corrected chi connectivity index (χ2v) is 7.80. The number of nitrogens with zero attached hydrogens (tertiary/aromatic N) is 2. The van der Waals surface area contributed by atoms with Crippen LogP contribution in [0.15, 0.2) is 34.1 Å². The Morgan fingerprint density at radius 2 is 1.95 bits per heavy atom. The van der Waals surface area contributed by atoms with Crippen molar-refractivity contribution in [3.8, 4) is 0 Å². The van der Waals surface area contributed by atoms with Crippen LogP contribution in [0.3, 0.4) is 0 Å². The molecule has 6 heteroatoms. The number of rotatable bonds is 2. The van der Waals surface area contributed by atoms with Gasteiger partial charge >= 0.3 is 0 Å². The minimum absolute atomic E-state index is 0.0818. The molecule has 0 N–H and O–H groups in total. The summed E-state index contributed by atoms with van der Waals surface area (Å²) in [5, 5.41) is 2.54. The lowest BCUT2D eigenvalue weighted by Crippen LogP contribution is -2.34. The Morgan fingerprint density at radius 1 is 1.25 bits per heavy atom. The van der Waals surface area contributed by atoms with Crippen molar-refractivity contribution >= 4 is 32.6 Å². The van der Waals surface area contributed by atoms with Crippen molar-refractivity contribution in [2.75, 3.05) is 12.3 Å². The first-order valence-corrected chi connectivity index (χ1v) is 9.02. The predicted molar refractivity (Wildman–Crippen MR) is 84.0 cm³/mol. The SMILES string of the molecule is CC(C)c1ccc(C2=CSC3=NS(=O)(=O)CCN23)cc1. The molecule has 0 atom stereocenters. The van der Waals surface area contributed by atoms with Crippen LogP contribution in [-0.2, 0) is 10.0 Å². The Morgan fingerprint density at radius 3 is 2.60 bits per heavy atom. The second kappa shape index (κ2) is 4.93. The van der Waals surface area contributed by atoms with Crippen molar-refractivity contribution < 1.29 is 8.42 Å². The minimum atomic E-state index is -3.27. The first kappa shape index (κ1) is 13.7. The van der Waals surface area contributed by atoms with E-state index in [-0.39, 0.29) is 5.75 Å². The highest BCUT2D eigenvalue weighted by Gasteiger charge is 2.31.